The van der Waals surface area contributed by atoms with Crippen LogP contribution in [-0.2, 0) is 42.7 Å². The number of carbonyl (C=O) groups excluding carboxylic acids is 1. The Morgan fingerprint density at radius 1 is 0.691 bits per heavy atom. The molecule has 20 heteroatoms. The van der Waals surface area contributed by atoms with Gasteiger partial charge < -0.3 is 89.3 Å². The smallest absolute Gasteiger partial charge is 0.335 e. The zero-order valence-corrected chi connectivity index (χ0v) is 39.7. The van der Waals surface area contributed by atoms with Gasteiger partial charge in [-0.3, -0.25) is 4.79 Å². The first-order valence-corrected chi connectivity index (χ1v) is 24.6. The van der Waals surface area contributed by atoms with Gasteiger partial charge in [0.2, 0.25) is 0 Å². The Balaban J connectivity index is 0.994. The maximum absolute atomic E-state index is 13.3. The summed E-state index contributed by atoms with van der Waals surface area (Å²) >= 11 is 0. The summed E-state index contributed by atoms with van der Waals surface area (Å²) in [6.07, 6.45) is -19.0. The van der Waals surface area contributed by atoms with Crippen LogP contribution >= 0.6 is 0 Å². The van der Waals surface area contributed by atoms with Crippen molar-refractivity contribution in [3.63, 3.8) is 0 Å². The molecule has 11 N–H and O–H groups in total. The van der Waals surface area contributed by atoms with Gasteiger partial charge in [-0.15, -0.1) is 0 Å². The van der Waals surface area contributed by atoms with E-state index >= 15 is 0 Å². The second-order valence-electron chi connectivity index (χ2n) is 23.3. The van der Waals surface area contributed by atoms with Gasteiger partial charge in [0.15, 0.2) is 25.0 Å². The van der Waals surface area contributed by atoms with E-state index in [1.54, 1.807) is 0 Å². The summed E-state index contributed by atoms with van der Waals surface area (Å²) in [4.78, 5) is 25.7. The number of aliphatic carboxylic acids is 1. The SMILES string of the molecule is C[C@@H]1O[C@@H](O[C@H]2[C@H](O[C@H]3[C@H](O[C@H]4CC[C@@]5(C)C(CC[C@]6(C)C5CC=C5[C@@H]7C[C@]8(CO)C[C@@H](OC8=O)[C@]7(C)CC[C@]56C)[C@@]4(C)CO)O[C@H](C(=O)O)[C@@H](O)[C@@H]3O)O[C@H](CO)[C@H](O)[C@@H]2O)[C@H](O)[C@H](O)[C@H]1O. The summed E-state index contributed by atoms with van der Waals surface area (Å²) in [6, 6.07) is 0. The van der Waals surface area contributed by atoms with Gasteiger partial charge in [-0.1, -0.05) is 46.3 Å². The number of carboxylic acid groups (broad SMARTS) is 1. The Morgan fingerprint density at radius 3 is 2.00 bits per heavy atom. The number of carboxylic acids is 1. The first-order chi connectivity index (χ1) is 31.9. The monoisotopic (exact) mass is 970 g/mol. The summed E-state index contributed by atoms with van der Waals surface area (Å²) in [5.41, 5.74) is -1.49. The van der Waals surface area contributed by atoms with Gasteiger partial charge in [0.1, 0.15) is 67.1 Å². The molecule has 26 atom stereocenters. The van der Waals surface area contributed by atoms with E-state index in [1.165, 1.54) is 12.5 Å². The molecule has 4 heterocycles. The molecule has 0 spiro atoms. The molecule has 5 aliphatic carbocycles. The fraction of sp³-hybridized carbons (Fsp3) is 0.917. The number of fused-ring (bicyclic) bond motifs is 10. The highest BCUT2D eigenvalue weighted by molar-refractivity contribution is 5.80. The molecule has 2 bridgehead atoms. The van der Waals surface area contributed by atoms with Crippen LogP contribution < -0.4 is 0 Å². The number of hydrogen-bond donors (Lipinski definition) is 11. The predicted molar refractivity (Wildman–Crippen MR) is 230 cm³/mol. The quantitative estimate of drug-likeness (QED) is 0.0727. The third-order valence-electron chi connectivity index (χ3n) is 20.1. The summed E-state index contributed by atoms with van der Waals surface area (Å²) < 4.78 is 42.2. The van der Waals surface area contributed by atoms with Crippen LogP contribution in [0.4, 0.5) is 0 Å². The Hall–Kier alpha value is -1.96. The molecule has 68 heavy (non-hydrogen) atoms. The Bertz CT molecular complexity index is 1960. The summed E-state index contributed by atoms with van der Waals surface area (Å²) in [5.74, 6) is -1.80. The fourth-order valence-corrected chi connectivity index (χ4v) is 15.6. The lowest BCUT2D eigenvalue weighted by Crippen LogP contribution is -2.68. The van der Waals surface area contributed by atoms with Gasteiger partial charge in [0.05, 0.1) is 37.4 Å². The van der Waals surface area contributed by atoms with E-state index in [2.05, 4.69) is 33.8 Å². The fourth-order valence-electron chi connectivity index (χ4n) is 15.6. The molecule has 8 fully saturated rings. The molecule has 4 saturated heterocycles. The van der Waals surface area contributed by atoms with Crippen molar-refractivity contribution < 1.29 is 98.9 Å². The maximum Gasteiger partial charge on any atom is 0.335 e. The molecule has 0 aromatic rings. The van der Waals surface area contributed by atoms with Crippen molar-refractivity contribution in [2.24, 2.45) is 50.2 Å². The van der Waals surface area contributed by atoms with E-state index in [4.69, 9.17) is 33.2 Å². The lowest BCUT2D eigenvalue weighted by molar-refractivity contribution is -0.396. The Morgan fingerprint density at radius 2 is 1.35 bits per heavy atom. The maximum atomic E-state index is 13.3. The Kier molecular flexibility index (Phi) is 13.2. The van der Waals surface area contributed by atoms with Crippen molar-refractivity contribution in [2.45, 2.75) is 204 Å². The molecule has 4 aliphatic heterocycles. The van der Waals surface area contributed by atoms with E-state index in [9.17, 15) is 65.8 Å². The van der Waals surface area contributed by atoms with E-state index < -0.39 is 122 Å². The largest absolute Gasteiger partial charge is 0.479 e. The molecule has 20 nitrogen and oxygen atoms in total. The van der Waals surface area contributed by atoms with Gasteiger partial charge in [0, 0.05) is 17.3 Å². The second kappa shape index (κ2) is 17.6. The van der Waals surface area contributed by atoms with Gasteiger partial charge in [0.25, 0.3) is 0 Å². The lowest BCUT2D eigenvalue weighted by Gasteiger charge is -2.71. The highest BCUT2D eigenvalue weighted by Crippen LogP contribution is 2.76. The third kappa shape index (κ3) is 7.27. The number of hydrogen-bond acceptors (Lipinski definition) is 19. The molecule has 0 aromatic carbocycles. The number of ether oxygens (including phenoxy) is 7. The van der Waals surface area contributed by atoms with Crippen molar-refractivity contribution in [3.8, 4) is 0 Å². The molecule has 0 amide bonds. The number of rotatable bonds is 10. The second-order valence-corrected chi connectivity index (χ2v) is 23.3. The van der Waals surface area contributed by atoms with Gasteiger partial charge in [-0.2, -0.15) is 0 Å². The number of carbonyl (C=O) groups is 2. The van der Waals surface area contributed by atoms with Crippen LogP contribution in [0.1, 0.15) is 99.3 Å². The van der Waals surface area contributed by atoms with Crippen molar-refractivity contribution in [2.75, 3.05) is 19.8 Å². The minimum absolute atomic E-state index is 0.0735. The average molecular weight is 971 g/mol. The van der Waals surface area contributed by atoms with Crippen LogP contribution in [0, 0.1) is 50.2 Å². The Labute approximate surface area is 395 Å². The highest BCUT2D eigenvalue weighted by atomic mass is 16.8. The zero-order valence-electron chi connectivity index (χ0n) is 39.7. The van der Waals surface area contributed by atoms with Crippen LogP contribution in [0.2, 0.25) is 0 Å². The third-order valence-corrected chi connectivity index (χ3v) is 20.1. The van der Waals surface area contributed by atoms with E-state index in [0.29, 0.717) is 32.1 Å². The molecule has 386 valence electrons. The standard InChI is InChI=1S/C48H74O20/c1-20-28(52)30(54)34(58)39(62-20)67-36-31(55)29(53)23(17-49)63-40(36)68-37-33(57)32(56)35(38(59)60)66-41(37)64-26-10-11-44(3)24(45(26,4)18-50)9-12-47(6)25(44)8-7-21-22-15-48(19-51)16-27(65-42(48)61)43(22,2)13-14-46(21,47)5/h7,20,22-37,39-41,49-58H,8-19H2,1-6H3,(H,59,60)/t20-,22-,23+,24?,25?,26-,27+,28-,29-,30+,31-,32-,33-,34+,35-,36+,37+,39-,40-,41+,43+,44-,45+,46+,47+,48+/m0/s1. The molecule has 0 aromatic heterocycles. The molecule has 0 radical (unpaired) electrons. The molecular weight excluding hydrogens is 897 g/mol. The van der Waals surface area contributed by atoms with Crippen LogP contribution in [0.25, 0.3) is 0 Å². The van der Waals surface area contributed by atoms with Crippen molar-refractivity contribution >= 4 is 11.9 Å². The minimum Gasteiger partial charge on any atom is -0.479 e. The number of aliphatic hydroxyl groups is 10. The van der Waals surface area contributed by atoms with E-state index in [0.717, 1.165) is 25.7 Å². The number of aliphatic hydroxyl groups excluding tert-OH is 10. The first kappa shape index (κ1) is 51.0. The van der Waals surface area contributed by atoms with Crippen LogP contribution in [0.15, 0.2) is 11.6 Å². The highest BCUT2D eigenvalue weighted by Gasteiger charge is 2.72. The van der Waals surface area contributed by atoms with Gasteiger partial charge in [-0.25, -0.2) is 4.79 Å². The minimum atomic E-state index is -2.09. The first-order valence-electron chi connectivity index (χ1n) is 24.6. The molecule has 2 unspecified atom stereocenters. The van der Waals surface area contributed by atoms with E-state index in [1.807, 2.05) is 6.92 Å². The molecule has 9 rings (SSSR count). The molecule has 9 aliphatic rings. The van der Waals surface area contributed by atoms with Gasteiger partial charge in [-0.05, 0) is 92.3 Å². The summed E-state index contributed by atoms with van der Waals surface area (Å²) in [7, 11) is 0. The van der Waals surface area contributed by atoms with E-state index in [-0.39, 0.29) is 64.7 Å². The zero-order chi connectivity index (χ0) is 49.4. The normalized spacial score (nSPS) is 56.6. The van der Waals surface area contributed by atoms with Crippen LogP contribution in [-0.4, -0.2) is 192 Å². The molecular formula is C48H74O20. The summed E-state index contributed by atoms with van der Waals surface area (Å²) in [5, 5.41) is 119. The average Bonchev–Trinajstić information content (AvgIpc) is 3.60. The van der Waals surface area contributed by atoms with Gasteiger partial charge >= 0.3 is 11.9 Å². The topological polar surface area (TPSA) is 321 Å². The van der Waals surface area contributed by atoms with Crippen molar-refractivity contribution in [1.82, 2.24) is 0 Å². The molecule has 4 saturated carbocycles. The summed E-state index contributed by atoms with van der Waals surface area (Å²) in [6.45, 7) is 11.2. The van der Waals surface area contributed by atoms with Crippen molar-refractivity contribution in [1.29, 1.82) is 0 Å². The van der Waals surface area contributed by atoms with Crippen LogP contribution in [0.5, 0.6) is 0 Å². The predicted octanol–water partition coefficient (Wildman–Crippen LogP) is -0.778. The number of esters is 1. The lowest BCUT2D eigenvalue weighted by atomic mass is 9.33. The number of allylic oxidation sites excluding steroid dienone is 2. The van der Waals surface area contributed by atoms with Crippen LogP contribution in [0.3, 0.4) is 0 Å². The van der Waals surface area contributed by atoms with Crippen molar-refractivity contribution in [3.05, 3.63) is 11.6 Å².